The topological polar surface area (TPSA) is 76.4 Å². The minimum atomic E-state index is 0. The van der Waals surface area contributed by atoms with E-state index in [2.05, 4.69) is 48.8 Å². The Labute approximate surface area is 211 Å². The summed E-state index contributed by atoms with van der Waals surface area (Å²) in [5.41, 5.74) is 5.63. The van der Waals surface area contributed by atoms with Crippen molar-refractivity contribution in [1.29, 1.82) is 0 Å². The van der Waals surface area contributed by atoms with Gasteiger partial charge in [0.2, 0.25) is 0 Å². The summed E-state index contributed by atoms with van der Waals surface area (Å²) in [6.45, 7) is 9.75. The van der Waals surface area contributed by atoms with E-state index in [1.807, 2.05) is 36.0 Å². The van der Waals surface area contributed by atoms with Gasteiger partial charge in [0.1, 0.15) is 10.8 Å². The van der Waals surface area contributed by atoms with Crippen molar-refractivity contribution < 1.29 is 4.74 Å². The molecule has 0 aliphatic rings. The van der Waals surface area contributed by atoms with E-state index in [4.69, 9.17) is 14.7 Å². The number of nitrogens with zero attached hydrogens (tertiary/aromatic N) is 4. The number of rotatable bonds is 8. The van der Waals surface area contributed by atoms with Crippen LogP contribution < -0.4 is 15.4 Å². The standard InChI is InChI=1S/C23H32N6OS.HI/c1-7-24-23(26-15(2)12-21-16(3)28-29(5)17(21)4)25-13-19-14-31-22(27-19)18-8-10-20(30-6)11-9-18;/h8-11,14-15H,7,12-13H2,1-6H3,(H2,24,25,26);1H. The number of aliphatic imine (C=N–C) groups is 1. The zero-order valence-electron chi connectivity index (χ0n) is 19.6. The Hall–Kier alpha value is -2.14. The molecule has 3 aromatic rings. The van der Waals surface area contributed by atoms with Crippen LogP contribution in [0.1, 0.15) is 36.5 Å². The van der Waals surface area contributed by atoms with Crippen LogP contribution in [0.15, 0.2) is 34.6 Å². The average Bonchev–Trinajstić information content (AvgIpc) is 3.32. The van der Waals surface area contributed by atoms with Gasteiger partial charge in [0, 0.05) is 36.3 Å². The number of benzene rings is 1. The van der Waals surface area contributed by atoms with Crippen LogP contribution >= 0.6 is 35.3 Å². The molecule has 9 heteroatoms. The van der Waals surface area contributed by atoms with Gasteiger partial charge in [-0.1, -0.05) is 0 Å². The van der Waals surface area contributed by atoms with Crippen molar-refractivity contribution in [2.45, 2.75) is 46.7 Å². The SMILES string of the molecule is CCNC(=NCc1csc(-c2ccc(OC)cc2)n1)NC(C)Cc1c(C)nn(C)c1C.I. The van der Waals surface area contributed by atoms with Crippen molar-refractivity contribution in [3.05, 3.63) is 52.3 Å². The number of hydrogen-bond donors (Lipinski definition) is 2. The van der Waals surface area contributed by atoms with Crippen molar-refractivity contribution in [3.63, 3.8) is 0 Å². The minimum absolute atomic E-state index is 0. The van der Waals surface area contributed by atoms with Crippen molar-refractivity contribution in [2.75, 3.05) is 13.7 Å². The van der Waals surface area contributed by atoms with Gasteiger partial charge in [0.15, 0.2) is 5.96 Å². The fraction of sp³-hybridized carbons (Fsp3) is 0.435. The number of guanidine groups is 1. The molecule has 32 heavy (non-hydrogen) atoms. The van der Waals surface area contributed by atoms with Crippen LogP contribution in [-0.2, 0) is 20.0 Å². The predicted octanol–water partition coefficient (Wildman–Crippen LogP) is 4.47. The second-order valence-corrected chi connectivity index (χ2v) is 8.45. The Bertz CT molecular complexity index is 1030. The van der Waals surface area contributed by atoms with E-state index in [0.29, 0.717) is 6.54 Å². The van der Waals surface area contributed by atoms with Gasteiger partial charge in [-0.15, -0.1) is 35.3 Å². The average molecular weight is 569 g/mol. The Morgan fingerprint density at radius 2 is 1.97 bits per heavy atom. The number of thiazole rings is 1. The number of nitrogens with one attached hydrogen (secondary N) is 2. The molecule has 2 heterocycles. The molecule has 2 aromatic heterocycles. The number of aryl methyl sites for hydroxylation is 2. The summed E-state index contributed by atoms with van der Waals surface area (Å²) in [6, 6.07) is 8.19. The van der Waals surface area contributed by atoms with Gasteiger partial charge >= 0.3 is 0 Å². The largest absolute Gasteiger partial charge is 0.497 e. The monoisotopic (exact) mass is 568 g/mol. The lowest BCUT2D eigenvalue weighted by atomic mass is 10.1. The third kappa shape index (κ3) is 6.68. The van der Waals surface area contributed by atoms with Gasteiger partial charge in [-0.25, -0.2) is 9.98 Å². The third-order valence-corrected chi connectivity index (χ3v) is 6.12. The van der Waals surface area contributed by atoms with E-state index in [-0.39, 0.29) is 30.0 Å². The summed E-state index contributed by atoms with van der Waals surface area (Å²) >= 11 is 1.63. The maximum atomic E-state index is 5.23. The highest BCUT2D eigenvalue weighted by Crippen LogP contribution is 2.26. The second-order valence-electron chi connectivity index (χ2n) is 7.59. The molecule has 174 valence electrons. The summed E-state index contributed by atoms with van der Waals surface area (Å²) in [5.74, 6) is 1.64. The van der Waals surface area contributed by atoms with Crippen LogP contribution in [0, 0.1) is 13.8 Å². The van der Waals surface area contributed by atoms with Crippen LogP contribution in [0.2, 0.25) is 0 Å². The van der Waals surface area contributed by atoms with Gasteiger partial charge in [-0.2, -0.15) is 5.10 Å². The van der Waals surface area contributed by atoms with E-state index >= 15 is 0 Å². The highest BCUT2D eigenvalue weighted by molar-refractivity contribution is 14.0. The number of hydrogen-bond acceptors (Lipinski definition) is 5. The van der Waals surface area contributed by atoms with Crippen LogP contribution in [-0.4, -0.2) is 40.4 Å². The maximum Gasteiger partial charge on any atom is 0.191 e. The van der Waals surface area contributed by atoms with Crippen LogP contribution in [0.4, 0.5) is 0 Å². The highest BCUT2D eigenvalue weighted by Gasteiger charge is 2.14. The quantitative estimate of drug-likeness (QED) is 0.238. The molecule has 1 aromatic carbocycles. The van der Waals surface area contributed by atoms with Crippen molar-refractivity contribution in [1.82, 2.24) is 25.4 Å². The summed E-state index contributed by atoms with van der Waals surface area (Å²) in [7, 11) is 3.66. The van der Waals surface area contributed by atoms with E-state index in [1.165, 1.54) is 11.3 Å². The van der Waals surface area contributed by atoms with Crippen molar-refractivity contribution >= 4 is 41.3 Å². The van der Waals surface area contributed by atoms with Crippen LogP contribution in [0.5, 0.6) is 5.75 Å². The first-order chi connectivity index (χ1) is 14.9. The molecular weight excluding hydrogens is 535 g/mol. The van der Waals surface area contributed by atoms with E-state index in [9.17, 15) is 0 Å². The van der Waals surface area contributed by atoms with Gasteiger partial charge in [0.05, 0.1) is 25.0 Å². The first kappa shape index (κ1) is 26.1. The Morgan fingerprint density at radius 1 is 1.25 bits per heavy atom. The lowest BCUT2D eigenvalue weighted by molar-refractivity contribution is 0.415. The summed E-state index contributed by atoms with van der Waals surface area (Å²) in [6.07, 6.45) is 0.897. The summed E-state index contributed by atoms with van der Waals surface area (Å²) < 4.78 is 7.17. The minimum Gasteiger partial charge on any atom is -0.497 e. The zero-order chi connectivity index (χ0) is 22.4. The second kappa shape index (κ2) is 12.2. The van der Waals surface area contributed by atoms with Gasteiger partial charge in [-0.3, -0.25) is 4.68 Å². The summed E-state index contributed by atoms with van der Waals surface area (Å²) in [4.78, 5) is 9.49. The number of aromatic nitrogens is 3. The van der Waals surface area contributed by atoms with E-state index in [0.717, 1.165) is 46.6 Å². The molecule has 3 rings (SSSR count). The molecule has 0 saturated carbocycles. The van der Waals surface area contributed by atoms with Crippen molar-refractivity contribution in [3.8, 4) is 16.3 Å². The lowest BCUT2D eigenvalue weighted by Gasteiger charge is -2.18. The smallest absolute Gasteiger partial charge is 0.191 e. The molecule has 0 bridgehead atoms. The highest BCUT2D eigenvalue weighted by atomic mass is 127. The first-order valence-electron chi connectivity index (χ1n) is 10.5. The number of ether oxygens (including phenoxy) is 1. The molecule has 0 amide bonds. The molecule has 1 unspecified atom stereocenters. The third-order valence-electron chi connectivity index (χ3n) is 5.18. The zero-order valence-corrected chi connectivity index (χ0v) is 22.7. The normalized spacial score (nSPS) is 12.2. The molecule has 0 aliphatic carbocycles. The first-order valence-corrected chi connectivity index (χ1v) is 11.4. The molecule has 1 atom stereocenters. The van der Waals surface area contributed by atoms with E-state index in [1.54, 1.807) is 18.4 Å². The molecule has 0 spiro atoms. The van der Waals surface area contributed by atoms with Gasteiger partial charge in [-0.05, 0) is 63.9 Å². The summed E-state index contributed by atoms with van der Waals surface area (Å²) in [5, 5.41) is 14.4. The van der Waals surface area contributed by atoms with Crippen molar-refractivity contribution in [2.24, 2.45) is 12.0 Å². The number of halogens is 1. The molecule has 7 nitrogen and oxygen atoms in total. The molecule has 0 radical (unpaired) electrons. The predicted molar refractivity (Wildman–Crippen MR) is 143 cm³/mol. The van der Waals surface area contributed by atoms with Gasteiger partial charge in [0.25, 0.3) is 0 Å². The molecular formula is C23H33IN6OS. The van der Waals surface area contributed by atoms with Gasteiger partial charge < -0.3 is 15.4 Å². The molecule has 0 saturated heterocycles. The maximum absolute atomic E-state index is 5.23. The Balaban J connectivity index is 0.00000363. The van der Waals surface area contributed by atoms with Crippen LogP contribution in [0.3, 0.4) is 0 Å². The fourth-order valence-corrected chi connectivity index (χ4v) is 4.25. The number of methoxy groups -OCH3 is 1. The Morgan fingerprint density at radius 3 is 2.56 bits per heavy atom. The fourth-order valence-electron chi connectivity index (χ4n) is 3.43. The van der Waals surface area contributed by atoms with Crippen LogP contribution in [0.25, 0.3) is 10.6 Å². The molecule has 2 N–H and O–H groups in total. The van der Waals surface area contributed by atoms with E-state index < -0.39 is 0 Å². The Kier molecular flexibility index (Phi) is 9.95. The lowest BCUT2D eigenvalue weighted by Crippen LogP contribution is -2.43. The molecule has 0 aliphatic heterocycles. The molecule has 0 fully saturated rings.